The van der Waals surface area contributed by atoms with Gasteiger partial charge in [-0.05, 0) is 55.4 Å². The van der Waals surface area contributed by atoms with Gasteiger partial charge in [0.1, 0.15) is 0 Å². The van der Waals surface area contributed by atoms with E-state index in [4.69, 9.17) is 9.47 Å². The van der Waals surface area contributed by atoms with Crippen LogP contribution in [0.15, 0.2) is 53.4 Å². The van der Waals surface area contributed by atoms with Crippen molar-refractivity contribution in [2.45, 2.75) is 75.8 Å². The Balaban J connectivity index is 1.21. The van der Waals surface area contributed by atoms with Crippen LogP contribution in [-0.2, 0) is 30.7 Å². The number of carbonyl (C=O) groups is 1. The molecule has 3 aliphatic rings. The van der Waals surface area contributed by atoms with Gasteiger partial charge in [-0.25, -0.2) is 13.4 Å². The normalized spacial score (nSPS) is 23.7. The highest BCUT2D eigenvalue weighted by Gasteiger charge is 2.46. The smallest absolute Gasteiger partial charge is 0.243 e. The first kappa shape index (κ1) is 32.3. The fraction of sp³-hybridized carbons (Fsp3) is 0.576. The number of carbonyl (C=O) groups excluding carboxylic acids is 1. The molecule has 1 amide bonds. The van der Waals surface area contributed by atoms with Crippen molar-refractivity contribution in [2.75, 3.05) is 31.6 Å². The number of anilines is 1. The third-order valence-corrected chi connectivity index (χ3v) is 11.9. The third-order valence-electron chi connectivity index (χ3n) is 9.09. The number of hydrogen-bond donors (Lipinski definition) is 3. The number of aliphatic hydroxyl groups excluding tert-OH is 1. The lowest BCUT2D eigenvalue weighted by Gasteiger charge is -2.32. The second-order valence-corrected chi connectivity index (χ2v) is 16.1. The van der Waals surface area contributed by atoms with Gasteiger partial charge < -0.3 is 25.2 Å². The molecule has 0 unspecified atom stereocenters. The molecule has 1 aromatic heterocycles. The molecule has 10 nitrogen and oxygen atoms in total. The van der Waals surface area contributed by atoms with Crippen LogP contribution in [0.1, 0.15) is 45.6 Å². The number of nitrogens with one attached hydrogen (secondary N) is 2. The second kappa shape index (κ2) is 13.6. The van der Waals surface area contributed by atoms with E-state index in [0.29, 0.717) is 25.7 Å². The third kappa shape index (κ3) is 7.52. The van der Waals surface area contributed by atoms with Crippen molar-refractivity contribution in [3.8, 4) is 0 Å². The maximum Gasteiger partial charge on any atom is 0.243 e. The van der Waals surface area contributed by atoms with Gasteiger partial charge in [-0.1, -0.05) is 62.4 Å². The van der Waals surface area contributed by atoms with Crippen molar-refractivity contribution in [1.82, 2.24) is 14.6 Å². The number of ether oxygens (including phenoxy) is 2. The number of aliphatic hydroxyl groups is 1. The van der Waals surface area contributed by atoms with Crippen LogP contribution in [-0.4, -0.2) is 79.5 Å². The number of benzene rings is 2. The summed E-state index contributed by atoms with van der Waals surface area (Å²) in [5, 5.41) is 19.0. The standard InChI is InChI=1S/C33H44N4O6S2/c1-20(2)17-37(45(40,41)24-11-12-27-30(16-24)44-33(36-27)34-23-9-10-23)18-29(38)28(15-22-7-5-4-6-8-22)35-31(39)21(3)26-19-43-32-25(26)13-14-42-32/h4-8,11-12,16,20-21,23,25-26,28-29,32,38H,9-10,13-15,17-19H2,1-3H3,(H,34,36)(H,35,39)/t21-,25+,26-,28+,29-,32-/m1/s1. The molecule has 12 heteroatoms. The Labute approximate surface area is 269 Å². The first-order chi connectivity index (χ1) is 21.6. The topological polar surface area (TPSA) is 130 Å². The van der Waals surface area contributed by atoms with E-state index in [1.54, 1.807) is 18.2 Å². The zero-order valence-electron chi connectivity index (χ0n) is 26.1. The van der Waals surface area contributed by atoms with Gasteiger partial charge in [0.25, 0.3) is 0 Å². The molecular formula is C33H44N4O6S2. The zero-order chi connectivity index (χ0) is 31.7. The van der Waals surface area contributed by atoms with Gasteiger partial charge in [-0.15, -0.1) is 0 Å². The Morgan fingerprint density at radius 2 is 1.87 bits per heavy atom. The number of nitrogens with zero attached hydrogens (tertiary/aromatic N) is 2. The largest absolute Gasteiger partial charge is 0.390 e. The molecule has 2 aliphatic heterocycles. The fourth-order valence-corrected chi connectivity index (χ4v) is 9.07. The molecule has 2 aromatic carbocycles. The molecule has 3 N–H and O–H groups in total. The number of rotatable bonds is 14. The highest BCUT2D eigenvalue weighted by molar-refractivity contribution is 7.89. The predicted octanol–water partition coefficient (Wildman–Crippen LogP) is 4.25. The molecule has 6 atom stereocenters. The minimum Gasteiger partial charge on any atom is -0.390 e. The quantitative estimate of drug-likeness (QED) is 0.235. The van der Waals surface area contributed by atoms with Crippen molar-refractivity contribution in [3.05, 3.63) is 54.1 Å². The molecule has 0 radical (unpaired) electrons. The first-order valence-corrected chi connectivity index (χ1v) is 18.3. The molecule has 1 saturated carbocycles. The SMILES string of the molecule is CC(C)CN(C[C@@H](O)[C@H](Cc1ccccc1)NC(=O)[C@H](C)[C@H]1CO[C@H]2OCC[C@H]21)S(=O)(=O)c1ccc2nc(NC3CC3)sc2c1. The molecule has 0 spiro atoms. The summed E-state index contributed by atoms with van der Waals surface area (Å²) in [6.45, 7) is 6.94. The molecule has 0 bridgehead atoms. The molecule has 244 valence electrons. The van der Waals surface area contributed by atoms with Crippen molar-refractivity contribution in [1.29, 1.82) is 0 Å². The predicted molar refractivity (Wildman–Crippen MR) is 174 cm³/mol. The van der Waals surface area contributed by atoms with E-state index in [-0.39, 0.29) is 53.9 Å². The monoisotopic (exact) mass is 656 g/mol. The van der Waals surface area contributed by atoms with E-state index < -0.39 is 22.2 Å². The van der Waals surface area contributed by atoms with Gasteiger partial charge in [0.05, 0.1) is 40.5 Å². The molecule has 3 heterocycles. The van der Waals surface area contributed by atoms with Crippen LogP contribution in [0.25, 0.3) is 10.2 Å². The van der Waals surface area contributed by atoms with Gasteiger partial charge >= 0.3 is 0 Å². The number of amides is 1. The summed E-state index contributed by atoms with van der Waals surface area (Å²) in [5.41, 5.74) is 1.69. The number of sulfonamides is 1. The minimum absolute atomic E-state index is 0.0135. The molecular weight excluding hydrogens is 613 g/mol. The Morgan fingerprint density at radius 3 is 2.60 bits per heavy atom. The number of hydrogen-bond acceptors (Lipinski definition) is 9. The molecule has 3 fully saturated rings. The Morgan fingerprint density at radius 1 is 1.09 bits per heavy atom. The van der Waals surface area contributed by atoms with E-state index in [2.05, 4.69) is 15.6 Å². The van der Waals surface area contributed by atoms with Crippen LogP contribution in [0.5, 0.6) is 0 Å². The summed E-state index contributed by atoms with van der Waals surface area (Å²) < 4.78 is 41.8. The van der Waals surface area contributed by atoms with Gasteiger partial charge in [-0.2, -0.15) is 4.31 Å². The molecule has 2 saturated heterocycles. The molecule has 3 aromatic rings. The van der Waals surface area contributed by atoms with Crippen molar-refractivity contribution in [2.24, 2.45) is 23.7 Å². The Kier molecular flexibility index (Phi) is 9.79. The highest BCUT2D eigenvalue weighted by Crippen LogP contribution is 2.39. The van der Waals surface area contributed by atoms with E-state index in [0.717, 1.165) is 40.2 Å². The zero-order valence-corrected chi connectivity index (χ0v) is 27.7. The Bertz CT molecular complexity index is 1580. The summed E-state index contributed by atoms with van der Waals surface area (Å²) in [7, 11) is -3.97. The van der Waals surface area contributed by atoms with Crippen LogP contribution in [0.3, 0.4) is 0 Å². The summed E-state index contributed by atoms with van der Waals surface area (Å²) in [6, 6.07) is 14.4. The van der Waals surface area contributed by atoms with Crippen molar-refractivity contribution >= 4 is 42.6 Å². The van der Waals surface area contributed by atoms with E-state index in [9.17, 15) is 18.3 Å². The number of thiazole rings is 1. The van der Waals surface area contributed by atoms with Crippen molar-refractivity contribution < 1.29 is 27.8 Å². The van der Waals surface area contributed by atoms with Gasteiger partial charge in [0.15, 0.2) is 11.4 Å². The van der Waals surface area contributed by atoms with E-state index >= 15 is 0 Å². The maximum atomic E-state index is 14.1. The fourth-order valence-electron chi connectivity index (χ4n) is 6.36. The van der Waals surface area contributed by atoms with E-state index in [1.807, 2.05) is 51.1 Å². The van der Waals surface area contributed by atoms with Crippen molar-refractivity contribution in [3.63, 3.8) is 0 Å². The lowest BCUT2D eigenvalue weighted by Crippen LogP contribution is -2.52. The van der Waals surface area contributed by atoms with Gasteiger partial charge in [0.2, 0.25) is 15.9 Å². The molecule has 45 heavy (non-hydrogen) atoms. The van der Waals surface area contributed by atoms with Gasteiger partial charge in [0, 0.05) is 36.9 Å². The second-order valence-electron chi connectivity index (χ2n) is 13.1. The average molecular weight is 657 g/mol. The number of aromatic nitrogens is 1. The molecule has 6 rings (SSSR count). The lowest BCUT2D eigenvalue weighted by molar-refractivity contribution is -0.128. The van der Waals surface area contributed by atoms with Crippen LogP contribution in [0.2, 0.25) is 0 Å². The van der Waals surface area contributed by atoms with Crippen LogP contribution in [0, 0.1) is 23.7 Å². The highest BCUT2D eigenvalue weighted by atomic mass is 32.2. The van der Waals surface area contributed by atoms with Crippen LogP contribution in [0.4, 0.5) is 5.13 Å². The summed E-state index contributed by atoms with van der Waals surface area (Å²) >= 11 is 1.45. The molecule has 1 aliphatic carbocycles. The van der Waals surface area contributed by atoms with Crippen LogP contribution >= 0.6 is 11.3 Å². The lowest BCUT2D eigenvalue weighted by atomic mass is 9.82. The Hall–Kier alpha value is -2.61. The number of fused-ring (bicyclic) bond motifs is 2. The van der Waals surface area contributed by atoms with E-state index in [1.165, 1.54) is 15.6 Å². The first-order valence-electron chi connectivity index (χ1n) is 16.0. The summed E-state index contributed by atoms with van der Waals surface area (Å²) in [4.78, 5) is 18.4. The summed E-state index contributed by atoms with van der Waals surface area (Å²) in [6.07, 6.45) is 2.05. The summed E-state index contributed by atoms with van der Waals surface area (Å²) in [5.74, 6) is -0.328. The van der Waals surface area contributed by atoms with Gasteiger partial charge in [-0.3, -0.25) is 4.79 Å². The maximum absolute atomic E-state index is 14.1. The average Bonchev–Trinajstić information content (AvgIpc) is 3.36. The van der Waals surface area contributed by atoms with Crippen LogP contribution < -0.4 is 10.6 Å². The minimum atomic E-state index is -3.97.